The van der Waals surface area contributed by atoms with Gasteiger partial charge in [-0.2, -0.15) is 0 Å². The minimum atomic E-state index is 0.771. The van der Waals surface area contributed by atoms with E-state index in [4.69, 9.17) is 23.1 Å². The van der Waals surface area contributed by atoms with Gasteiger partial charge in [0.15, 0.2) is 0 Å². The van der Waals surface area contributed by atoms with Crippen molar-refractivity contribution in [1.29, 1.82) is 0 Å². The van der Waals surface area contributed by atoms with Crippen LogP contribution in [0.15, 0.2) is 72.8 Å². The molecule has 0 bridgehead atoms. The van der Waals surface area contributed by atoms with Gasteiger partial charge >= 0.3 is 0 Å². The van der Waals surface area contributed by atoms with Gasteiger partial charge in [0.2, 0.25) is 0 Å². The Hall–Kier alpha value is -3.49. The fourth-order valence-electron chi connectivity index (χ4n) is 4.37. The maximum absolute atomic E-state index is 6.13. The van der Waals surface area contributed by atoms with Gasteiger partial charge in [-0.1, -0.05) is 104 Å². The molecule has 4 aromatic rings. The number of hydrogen-bond donors (Lipinski definition) is 2. The van der Waals surface area contributed by atoms with Crippen LogP contribution in [0.3, 0.4) is 0 Å². The molecule has 0 atom stereocenters. The Kier molecular flexibility index (Phi) is 10.00. The van der Waals surface area contributed by atoms with Crippen molar-refractivity contribution in [3.63, 3.8) is 0 Å². The molecule has 0 aliphatic rings. The van der Waals surface area contributed by atoms with E-state index >= 15 is 0 Å². The first kappa shape index (κ1) is 28.1. The van der Waals surface area contributed by atoms with Crippen LogP contribution >= 0.6 is 11.6 Å². The van der Waals surface area contributed by atoms with E-state index in [2.05, 4.69) is 95.3 Å². The van der Waals surface area contributed by atoms with Crippen molar-refractivity contribution in [2.24, 2.45) is 0 Å². The van der Waals surface area contributed by atoms with Crippen LogP contribution in [-0.4, -0.2) is 0 Å². The highest BCUT2D eigenvalue weighted by Gasteiger charge is 2.08. The molecular formula is C34H39ClN2. The normalized spacial score (nSPS) is 10.9. The molecular weight excluding hydrogens is 472 g/mol. The number of benzene rings is 4. The molecule has 3 heteroatoms. The SMILES string of the molecule is CCc1cc(Cc2cc(C)c(N)c(CC)c2)cc(C)c1N.Cc1ccc(/C=C/c2ccc(Cl)cc2)cc1. The summed E-state index contributed by atoms with van der Waals surface area (Å²) in [5, 5.41) is 0.771. The molecule has 0 radical (unpaired) electrons. The lowest BCUT2D eigenvalue weighted by Gasteiger charge is -2.13. The number of aryl methyl sites for hydroxylation is 5. The average molecular weight is 511 g/mol. The molecule has 0 fully saturated rings. The van der Waals surface area contributed by atoms with Crippen molar-refractivity contribution in [2.45, 2.75) is 53.9 Å². The van der Waals surface area contributed by atoms with Crippen LogP contribution in [0.5, 0.6) is 0 Å². The Bertz CT molecular complexity index is 1250. The quantitative estimate of drug-likeness (QED) is 0.201. The van der Waals surface area contributed by atoms with Gasteiger partial charge in [-0.15, -0.1) is 0 Å². The van der Waals surface area contributed by atoms with Gasteiger partial charge in [0.05, 0.1) is 0 Å². The molecule has 0 aliphatic carbocycles. The molecule has 4 N–H and O–H groups in total. The summed E-state index contributed by atoms with van der Waals surface area (Å²) in [4.78, 5) is 0. The number of nitrogens with two attached hydrogens (primary N) is 2. The lowest BCUT2D eigenvalue weighted by Crippen LogP contribution is -2.02. The lowest BCUT2D eigenvalue weighted by molar-refractivity contribution is 1.08. The van der Waals surface area contributed by atoms with Crippen LogP contribution in [-0.2, 0) is 19.3 Å². The Balaban J connectivity index is 0.000000213. The van der Waals surface area contributed by atoms with E-state index in [0.29, 0.717) is 0 Å². The van der Waals surface area contributed by atoms with Gasteiger partial charge in [0, 0.05) is 16.4 Å². The first-order valence-electron chi connectivity index (χ1n) is 13.0. The number of rotatable bonds is 6. The molecule has 0 aromatic heterocycles. The maximum atomic E-state index is 6.13. The Morgan fingerprint density at radius 3 is 1.43 bits per heavy atom. The molecule has 0 heterocycles. The smallest absolute Gasteiger partial charge is 0.0406 e. The summed E-state index contributed by atoms with van der Waals surface area (Å²) >= 11 is 5.82. The Morgan fingerprint density at radius 1 is 0.622 bits per heavy atom. The first-order valence-corrected chi connectivity index (χ1v) is 13.3. The van der Waals surface area contributed by atoms with Crippen molar-refractivity contribution < 1.29 is 0 Å². The standard InChI is InChI=1S/C19H26N2.C15H13Cl/c1-5-16-10-14(7-12(3)18(16)20)9-15-8-13(4)19(21)17(6-2)11-15;1-12-2-4-13(5-3-12)6-7-14-8-10-15(16)11-9-14/h7-8,10-11H,5-6,9,20-21H2,1-4H3;2-11H,1H3/b;7-6+. The number of nitrogen functional groups attached to an aromatic ring is 2. The third-order valence-electron chi connectivity index (χ3n) is 6.65. The fourth-order valence-corrected chi connectivity index (χ4v) is 4.50. The molecule has 0 saturated heterocycles. The zero-order valence-corrected chi connectivity index (χ0v) is 23.5. The summed E-state index contributed by atoms with van der Waals surface area (Å²) in [7, 11) is 0. The summed E-state index contributed by atoms with van der Waals surface area (Å²) in [5.41, 5.74) is 25.3. The van der Waals surface area contributed by atoms with Gasteiger partial charge in [-0.3, -0.25) is 0 Å². The lowest BCUT2D eigenvalue weighted by atomic mass is 9.94. The molecule has 0 spiro atoms. The Labute approximate surface area is 228 Å². The molecule has 0 aliphatic heterocycles. The average Bonchev–Trinajstić information content (AvgIpc) is 2.89. The number of halogens is 1. The largest absolute Gasteiger partial charge is 0.398 e. The van der Waals surface area contributed by atoms with E-state index in [1.807, 2.05) is 24.3 Å². The van der Waals surface area contributed by atoms with Crippen molar-refractivity contribution in [3.8, 4) is 0 Å². The summed E-state index contributed by atoms with van der Waals surface area (Å²) in [6.07, 6.45) is 7.06. The van der Waals surface area contributed by atoms with Crippen LogP contribution < -0.4 is 11.5 Å². The minimum absolute atomic E-state index is 0.771. The topological polar surface area (TPSA) is 52.0 Å². The highest BCUT2D eigenvalue weighted by molar-refractivity contribution is 6.30. The third-order valence-corrected chi connectivity index (χ3v) is 6.90. The zero-order chi connectivity index (χ0) is 26.9. The predicted octanol–water partition coefficient (Wildman–Crippen LogP) is 9.00. The summed E-state index contributed by atoms with van der Waals surface area (Å²) in [6.45, 7) is 10.6. The third kappa shape index (κ3) is 8.00. The summed E-state index contributed by atoms with van der Waals surface area (Å²) in [5.74, 6) is 0. The van der Waals surface area contributed by atoms with Crippen LogP contribution in [0.2, 0.25) is 5.02 Å². The highest BCUT2D eigenvalue weighted by atomic mass is 35.5. The molecule has 0 saturated carbocycles. The van der Waals surface area contributed by atoms with Crippen LogP contribution in [0, 0.1) is 20.8 Å². The molecule has 2 nitrogen and oxygen atoms in total. The van der Waals surface area contributed by atoms with E-state index in [0.717, 1.165) is 41.2 Å². The second-order valence-corrected chi connectivity index (χ2v) is 10.1. The maximum Gasteiger partial charge on any atom is 0.0406 e. The monoisotopic (exact) mass is 510 g/mol. The molecule has 0 amide bonds. The van der Waals surface area contributed by atoms with Gasteiger partial charge in [-0.05, 0) is 96.7 Å². The molecule has 4 rings (SSSR count). The van der Waals surface area contributed by atoms with E-state index in [9.17, 15) is 0 Å². The van der Waals surface area contributed by atoms with E-state index in [1.165, 1.54) is 44.5 Å². The van der Waals surface area contributed by atoms with Crippen LogP contribution in [0.25, 0.3) is 12.2 Å². The van der Waals surface area contributed by atoms with Gasteiger partial charge in [0.25, 0.3) is 0 Å². The van der Waals surface area contributed by atoms with Crippen LogP contribution in [0.4, 0.5) is 11.4 Å². The van der Waals surface area contributed by atoms with E-state index < -0.39 is 0 Å². The van der Waals surface area contributed by atoms with Crippen molar-refractivity contribution in [1.82, 2.24) is 0 Å². The first-order chi connectivity index (χ1) is 17.7. The highest BCUT2D eigenvalue weighted by Crippen LogP contribution is 2.25. The fraction of sp³-hybridized carbons (Fsp3) is 0.235. The minimum Gasteiger partial charge on any atom is -0.398 e. The molecule has 0 unspecified atom stereocenters. The molecule has 4 aromatic carbocycles. The molecule has 37 heavy (non-hydrogen) atoms. The number of anilines is 2. The summed E-state index contributed by atoms with van der Waals surface area (Å²) < 4.78 is 0. The van der Waals surface area contributed by atoms with E-state index in [-0.39, 0.29) is 0 Å². The molecule has 192 valence electrons. The second kappa shape index (κ2) is 13.2. The van der Waals surface area contributed by atoms with Crippen LogP contribution in [0.1, 0.15) is 63.9 Å². The van der Waals surface area contributed by atoms with Gasteiger partial charge in [-0.25, -0.2) is 0 Å². The summed E-state index contributed by atoms with van der Waals surface area (Å²) in [6, 6.07) is 25.1. The zero-order valence-electron chi connectivity index (χ0n) is 22.7. The predicted molar refractivity (Wildman–Crippen MR) is 164 cm³/mol. The van der Waals surface area contributed by atoms with Crippen molar-refractivity contribution in [3.05, 3.63) is 128 Å². The second-order valence-electron chi connectivity index (χ2n) is 9.65. The van der Waals surface area contributed by atoms with Crippen molar-refractivity contribution in [2.75, 3.05) is 11.5 Å². The van der Waals surface area contributed by atoms with Crippen molar-refractivity contribution >= 4 is 35.1 Å². The number of hydrogen-bond acceptors (Lipinski definition) is 2. The Morgan fingerprint density at radius 2 is 1.03 bits per heavy atom. The van der Waals surface area contributed by atoms with E-state index in [1.54, 1.807) is 0 Å². The van der Waals surface area contributed by atoms with Gasteiger partial charge < -0.3 is 11.5 Å². The van der Waals surface area contributed by atoms with Gasteiger partial charge in [0.1, 0.15) is 0 Å².